The number of hydrogen-bond donors (Lipinski definition) is 3. The van der Waals surface area contributed by atoms with Gasteiger partial charge in [0.25, 0.3) is 0 Å². The van der Waals surface area contributed by atoms with Gasteiger partial charge in [0, 0.05) is 24.1 Å². The lowest BCUT2D eigenvalue weighted by Gasteiger charge is -1.82. The predicted octanol–water partition coefficient (Wildman–Crippen LogP) is 0.0556. The summed E-state index contributed by atoms with van der Waals surface area (Å²) in [7, 11) is 0. The van der Waals surface area contributed by atoms with Gasteiger partial charge in [-0.05, 0) is 6.07 Å². The van der Waals surface area contributed by atoms with Crippen molar-refractivity contribution in [2.24, 2.45) is 5.73 Å². The first-order valence-electron chi connectivity index (χ1n) is 2.46. The second-order valence-corrected chi connectivity index (χ2v) is 1.66. The van der Waals surface area contributed by atoms with E-state index in [-0.39, 0.29) is 0 Å². The largest absolute Gasteiger partial charge is 0.397 e. The molecule has 0 amide bonds. The van der Waals surface area contributed by atoms with Crippen LogP contribution in [0.3, 0.4) is 0 Å². The molecule has 44 valence electrons. The Morgan fingerprint density at radius 1 is 1.62 bits per heavy atom. The third-order valence-corrected chi connectivity index (χ3v) is 0.985. The normalized spacial score (nSPS) is 9.62. The minimum Gasteiger partial charge on any atom is -0.397 e. The fourth-order valence-corrected chi connectivity index (χ4v) is 0.578. The maximum absolute atomic E-state index is 5.37. The molecule has 0 spiro atoms. The Labute approximate surface area is 47.7 Å². The molecule has 0 bridgehead atoms. The smallest absolute Gasteiger partial charge is 0.0495 e. The zero-order valence-electron chi connectivity index (χ0n) is 4.52. The van der Waals surface area contributed by atoms with Gasteiger partial charge in [-0.2, -0.15) is 0 Å². The van der Waals surface area contributed by atoms with Crippen LogP contribution in [-0.2, 0) is 6.54 Å². The van der Waals surface area contributed by atoms with Gasteiger partial charge in [0.2, 0.25) is 0 Å². The Morgan fingerprint density at radius 3 is 2.62 bits per heavy atom. The van der Waals surface area contributed by atoms with Gasteiger partial charge in [0.1, 0.15) is 0 Å². The molecule has 5 N–H and O–H groups in total. The van der Waals surface area contributed by atoms with Gasteiger partial charge >= 0.3 is 0 Å². The van der Waals surface area contributed by atoms with E-state index in [1.807, 2.05) is 6.07 Å². The van der Waals surface area contributed by atoms with Crippen LogP contribution in [0.15, 0.2) is 12.3 Å². The highest BCUT2D eigenvalue weighted by atomic mass is 14.8. The molecule has 0 aliphatic rings. The summed E-state index contributed by atoms with van der Waals surface area (Å²) in [5.41, 5.74) is 12.4. The van der Waals surface area contributed by atoms with Gasteiger partial charge in [-0.15, -0.1) is 0 Å². The van der Waals surface area contributed by atoms with Crippen molar-refractivity contribution >= 4 is 5.69 Å². The number of H-pyrrole nitrogens is 1. The molecule has 1 aromatic rings. The molecular formula is C5H9N3. The number of nitrogens with one attached hydrogen (secondary N) is 1. The van der Waals surface area contributed by atoms with Crippen molar-refractivity contribution in [3.8, 4) is 0 Å². The van der Waals surface area contributed by atoms with E-state index in [1.54, 1.807) is 6.20 Å². The molecule has 0 aromatic carbocycles. The van der Waals surface area contributed by atoms with Crippen LogP contribution < -0.4 is 11.5 Å². The number of nitrogens with two attached hydrogens (primary N) is 2. The number of rotatable bonds is 1. The molecule has 1 aromatic heterocycles. The monoisotopic (exact) mass is 111 g/mol. The SMILES string of the molecule is NCc1cc(N)c[nH]1. The summed E-state index contributed by atoms with van der Waals surface area (Å²) in [6.07, 6.45) is 1.72. The summed E-state index contributed by atoms with van der Waals surface area (Å²) in [6, 6.07) is 1.82. The molecule has 0 saturated carbocycles. The Hall–Kier alpha value is -0.960. The van der Waals surface area contributed by atoms with Crippen LogP contribution in [-0.4, -0.2) is 4.98 Å². The zero-order valence-corrected chi connectivity index (χ0v) is 4.52. The predicted molar refractivity (Wildman–Crippen MR) is 33.1 cm³/mol. The van der Waals surface area contributed by atoms with Gasteiger partial charge in [0.05, 0.1) is 0 Å². The second-order valence-electron chi connectivity index (χ2n) is 1.66. The summed E-state index contributed by atoms with van der Waals surface area (Å²) in [5, 5.41) is 0. The molecule has 0 aliphatic carbocycles. The first-order chi connectivity index (χ1) is 3.83. The fraction of sp³-hybridized carbons (Fsp3) is 0.200. The van der Waals surface area contributed by atoms with E-state index in [0.29, 0.717) is 6.54 Å². The van der Waals surface area contributed by atoms with Crippen molar-refractivity contribution in [1.29, 1.82) is 0 Å². The van der Waals surface area contributed by atoms with Crippen molar-refractivity contribution in [3.63, 3.8) is 0 Å². The molecule has 0 unspecified atom stereocenters. The minimum atomic E-state index is 0.525. The summed E-state index contributed by atoms with van der Waals surface area (Å²) >= 11 is 0. The third kappa shape index (κ3) is 0.816. The molecule has 0 atom stereocenters. The lowest BCUT2D eigenvalue weighted by atomic mass is 10.4. The standard InChI is InChI=1S/C5H9N3/c6-2-5-1-4(7)3-8-5/h1,3,8H,2,6-7H2. The lowest BCUT2D eigenvalue weighted by molar-refractivity contribution is 1.01. The van der Waals surface area contributed by atoms with E-state index in [0.717, 1.165) is 11.4 Å². The molecule has 1 heterocycles. The highest BCUT2D eigenvalue weighted by Gasteiger charge is 1.88. The van der Waals surface area contributed by atoms with Gasteiger partial charge in [0.15, 0.2) is 0 Å². The van der Waals surface area contributed by atoms with Crippen LogP contribution in [0.2, 0.25) is 0 Å². The Bertz CT molecular complexity index is 168. The van der Waals surface area contributed by atoms with Crippen LogP contribution in [0.5, 0.6) is 0 Å². The molecule has 8 heavy (non-hydrogen) atoms. The number of nitrogen functional groups attached to an aromatic ring is 1. The number of anilines is 1. The van der Waals surface area contributed by atoms with E-state index >= 15 is 0 Å². The van der Waals surface area contributed by atoms with Crippen LogP contribution >= 0.6 is 0 Å². The molecule has 1 rings (SSSR count). The first kappa shape index (κ1) is 5.18. The summed E-state index contributed by atoms with van der Waals surface area (Å²) < 4.78 is 0. The van der Waals surface area contributed by atoms with Crippen molar-refractivity contribution in [1.82, 2.24) is 4.98 Å². The highest BCUT2D eigenvalue weighted by Crippen LogP contribution is 2.01. The summed E-state index contributed by atoms with van der Waals surface area (Å²) in [4.78, 5) is 2.91. The number of aromatic nitrogens is 1. The Kier molecular flexibility index (Phi) is 1.22. The van der Waals surface area contributed by atoms with Gasteiger partial charge in [-0.3, -0.25) is 0 Å². The van der Waals surface area contributed by atoms with Gasteiger partial charge < -0.3 is 16.5 Å². The van der Waals surface area contributed by atoms with E-state index in [9.17, 15) is 0 Å². The van der Waals surface area contributed by atoms with Crippen LogP contribution in [0, 0.1) is 0 Å². The van der Waals surface area contributed by atoms with Crippen LogP contribution in [0.4, 0.5) is 5.69 Å². The number of aromatic amines is 1. The molecule has 3 nitrogen and oxygen atoms in total. The molecule has 0 radical (unpaired) electrons. The van der Waals surface area contributed by atoms with Crippen LogP contribution in [0.1, 0.15) is 5.69 Å². The second kappa shape index (κ2) is 1.88. The van der Waals surface area contributed by atoms with Crippen LogP contribution in [0.25, 0.3) is 0 Å². The van der Waals surface area contributed by atoms with Crippen molar-refractivity contribution in [2.45, 2.75) is 6.54 Å². The molecule has 0 aliphatic heterocycles. The molecule has 0 saturated heterocycles. The number of hydrogen-bond acceptors (Lipinski definition) is 2. The minimum absolute atomic E-state index is 0.525. The van der Waals surface area contributed by atoms with E-state index in [1.165, 1.54) is 0 Å². The topological polar surface area (TPSA) is 67.8 Å². The third-order valence-electron chi connectivity index (χ3n) is 0.985. The summed E-state index contributed by atoms with van der Waals surface area (Å²) in [5.74, 6) is 0. The summed E-state index contributed by atoms with van der Waals surface area (Å²) in [6.45, 7) is 0.525. The molecular weight excluding hydrogens is 102 g/mol. The fourth-order valence-electron chi connectivity index (χ4n) is 0.578. The lowest BCUT2D eigenvalue weighted by Crippen LogP contribution is -1.94. The van der Waals surface area contributed by atoms with E-state index in [2.05, 4.69) is 4.98 Å². The van der Waals surface area contributed by atoms with Crippen molar-refractivity contribution < 1.29 is 0 Å². The molecule has 3 heteroatoms. The quantitative estimate of drug-likeness (QED) is 0.479. The average molecular weight is 111 g/mol. The van der Waals surface area contributed by atoms with E-state index < -0.39 is 0 Å². The van der Waals surface area contributed by atoms with E-state index in [4.69, 9.17) is 11.5 Å². The first-order valence-corrected chi connectivity index (χ1v) is 2.46. The van der Waals surface area contributed by atoms with Crippen molar-refractivity contribution in [2.75, 3.05) is 5.73 Å². The van der Waals surface area contributed by atoms with Gasteiger partial charge in [-0.25, -0.2) is 0 Å². The van der Waals surface area contributed by atoms with Gasteiger partial charge in [-0.1, -0.05) is 0 Å². The van der Waals surface area contributed by atoms with Crippen molar-refractivity contribution in [3.05, 3.63) is 18.0 Å². The average Bonchev–Trinajstić information content (AvgIpc) is 2.14. The Morgan fingerprint density at radius 2 is 2.38 bits per heavy atom. The Balaban J connectivity index is 2.84. The highest BCUT2D eigenvalue weighted by molar-refractivity contribution is 5.37. The molecule has 0 fully saturated rings. The maximum Gasteiger partial charge on any atom is 0.0495 e. The maximum atomic E-state index is 5.37. The zero-order chi connectivity index (χ0) is 5.98.